The molecule has 1 aromatic heterocycles. The predicted molar refractivity (Wildman–Crippen MR) is 312 cm³/mol. The fraction of sp³-hybridized carbons (Fsp3) is 0.491. The molecule has 3 aromatic carbocycles. The van der Waals surface area contributed by atoms with E-state index in [2.05, 4.69) is 47.9 Å². The van der Waals surface area contributed by atoms with Crippen LogP contribution in [0.15, 0.2) is 72.9 Å². The Bertz CT molecular complexity index is 3090. The van der Waals surface area contributed by atoms with Gasteiger partial charge in [0.15, 0.2) is 11.5 Å². The third kappa shape index (κ3) is 17.6. The number of thiazole rings is 1. The van der Waals surface area contributed by atoms with Crippen molar-refractivity contribution in [1.82, 2.24) is 41.4 Å². The van der Waals surface area contributed by atoms with Gasteiger partial charge in [0.1, 0.15) is 47.0 Å². The first kappa shape index (κ1) is 67.9. The molecule has 0 radical (unpaired) electrons. The molecule has 13 atom stereocenters. The summed E-state index contributed by atoms with van der Waals surface area (Å²) in [5.74, 6) is -10.3. The van der Waals surface area contributed by atoms with E-state index in [0.717, 1.165) is 75.7 Å². The van der Waals surface area contributed by atoms with E-state index in [1.54, 1.807) is 18.3 Å². The van der Waals surface area contributed by atoms with Crippen LogP contribution in [0.2, 0.25) is 0 Å². The first-order chi connectivity index (χ1) is 42.0. The first-order valence-corrected chi connectivity index (χ1v) is 29.9. The number of ether oxygens (including phenoxy) is 1. The van der Waals surface area contributed by atoms with Gasteiger partial charge in [0.05, 0.1) is 54.5 Å². The topological polar surface area (TPSA) is 441 Å². The van der Waals surface area contributed by atoms with Crippen LogP contribution in [0.25, 0.3) is 21.0 Å². The normalized spacial score (nSPS) is 25.2. The average molecular weight is 1270 g/mol. The number of unbranched alkanes of at least 4 members (excludes halogenated alkanes) is 3. The number of carbonyl (C=O) groups is 8. The molecule has 4 heterocycles. The second kappa shape index (κ2) is 31.6. The Morgan fingerprint density at radius 2 is 1.49 bits per heavy atom. The fourth-order valence-electron chi connectivity index (χ4n) is 10.4. The van der Waals surface area contributed by atoms with Gasteiger partial charge in [0.25, 0.3) is 18.2 Å². The fourth-order valence-corrected chi connectivity index (χ4v) is 11.6. The summed E-state index contributed by atoms with van der Waals surface area (Å²) in [6, 6.07) is 5.70. The number of β-amino-alcohol motifs (C(OH)–C–C–N with tert-alkyl or cyclic N) is 1. The molecule has 478 valence electrons. The molecule has 0 bridgehead atoms. The van der Waals surface area contributed by atoms with Gasteiger partial charge in [0.2, 0.25) is 41.4 Å². The molecule has 15 N–H and O–H groups in total. The van der Waals surface area contributed by atoms with Crippen molar-refractivity contribution in [3.05, 3.63) is 84.1 Å². The maximum Gasteiger partial charge on any atom is 0.261 e. The Morgan fingerprint density at radius 3 is 2.17 bits per heavy atom. The van der Waals surface area contributed by atoms with Gasteiger partial charge in [-0.3, -0.25) is 38.4 Å². The number of primary amides is 1. The number of phenols is 1. The lowest BCUT2D eigenvalue weighted by molar-refractivity contribution is -0.433. The Labute approximate surface area is 513 Å². The zero-order valence-corrected chi connectivity index (χ0v) is 49.8. The van der Waals surface area contributed by atoms with Gasteiger partial charge in [-0.15, -0.1) is 11.3 Å². The molecule has 3 fully saturated rings. The third-order valence-electron chi connectivity index (χ3n) is 15.1. The molecule has 29 nitrogen and oxygen atoms in total. The largest absolute Gasteiger partial charge is 0.504 e. The molecule has 4 aromatic rings. The lowest BCUT2D eigenvalue weighted by Crippen LogP contribution is -2.64. The molecular formula is C57H73N9O20S2. The van der Waals surface area contributed by atoms with Gasteiger partial charge < -0.3 is 86.8 Å². The van der Waals surface area contributed by atoms with Crippen molar-refractivity contribution in [3.63, 3.8) is 0 Å². The molecule has 88 heavy (non-hydrogen) atoms. The number of hydrogen-bond acceptors (Lipinski definition) is 23. The molecule has 7 rings (SSSR count). The Hall–Kier alpha value is -7.56. The summed E-state index contributed by atoms with van der Waals surface area (Å²) in [6.07, 6.45) is -7.55. The highest BCUT2D eigenvalue weighted by molar-refractivity contribution is 7.90. The second-order valence-electron chi connectivity index (χ2n) is 21.8. The van der Waals surface area contributed by atoms with Crippen molar-refractivity contribution >= 4 is 70.9 Å². The molecule has 3 saturated heterocycles. The summed E-state index contributed by atoms with van der Waals surface area (Å²) in [5.41, 5.74) is 7.08. The van der Waals surface area contributed by atoms with Crippen molar-refractivity contribution in [2.45, 2.75) is 145 Å². The van der Waals surface area contributed by atoms with E-state index in [4.69, 9.17) is 19.9 Å². The van der Waals surface area contributed by atoms with Crippen LogP contribution in [-0.2, 0) is 49.4 Å². The minimum atomic E-state index is -2.21. The molecule has 0 aliphatic carbocycles. The van der Waals surface area contributed by atoms with Gasteiger partial charge in [-0.2, -0.15) is 0 Å². The molecule has 12 unspecified atom stereocenters. The zero-order valence-electron chi connectivity index (χ0n) is 48.1. The minimum Gasteiger partial charge on any atom is -0.504 e. The van der Waals surface area contributed by atoms with Crippen LogP contribution >= 0.6 is 23.7 Å². The number of benzene rings is 3. The van der Waals surface area contributed by atoms with Crippen LogP contribution in [0.5, 0.6) is 17.2 Å². The third-order valence-corrected chi connectivity index (χ3v) is 16.6. The highest BCUT2D eigenvalue weighted by Crippen LogP contribution is 2.34. The number of aliphatic hydroxyl groups excluding tert-OH is 6. The van der Waals surface area contributed by atoms with Crippen LogP contribution in [0.1, 0.15) is 81.6 Å². The number of carbonyl (C=O) groups excluding carboxylic acids is 8. The quantitative estimate of drug-likeness (QED) is 0.0213. The lowest BCUT2D eigenvalue weighted by Gasteiger charge is -2.33. The number of aromatic hydroxyl groups is 1. The van der Waals surface area contributed by atoms with Crippen molar-refractivity contribution in [2.24, 2.45) is 11.7 Å². The number of nitrogens with zero attached hydrogens (tertiary/aromatic N) is 3. The number of phenolic OH excluding ortho intramolecular Hbond substituents is 1. The lowest BCUT2D eigenvalue weighted by atomic mass is 9.98. The van der Waals surface area contributed by atoms with Crippen LogP contribution in [0.3, 0.4) is 0 Å². The number of hydrogen-bond donors (Lipinski definition) is 14. The number of aromatic nitrogens is 1. The smallest absolute Gasteiger partial charge is 0.261 e. The minimum absolute atomic E-state index is 0.0327. The molecule has 31 heteroatoms. The van der Waals surface area contributed by atoms with E-state index < -0.39 is 177 Å². The summed E-state index contributed by atoms with van der Waals surface area (Å²) in [7, 11) is 0. The summed E-state index contributed by atoms with van der Waals surface area (Å²) in [4.78, 5) is 120. The highest BCUT2D eigenvalue weighted by atomic mass is 32.2. The van der Waals surface area contributed by atoms with Gasteiger partial charge in [-0.25, -0.2) is 10.2 Å². The number of fused-ring (bicyclic) bond motifs is 2. The number of nitrogens with one attached hydrogen (secondary N) is 5. The number of nitrogens with two attached hydrogens (primary N) is 1. The maximum absolute atomic E-state index is 14.7. The second-order valence-corrected chi connectivity index (χ2v) is 23.3. The van der Waals surface area contributed by atoms with E-state index in [1.165, 1.54) is 36.5 Å². The Kier molecular flexibility index (Phi) is 24.4. The van der Waals surface area contributed by atoms with Crippen molar-refractivity contribution in [3.8, 4) is 38.3 Å². The molecule has 8 amide bonds. The molecule has 0 saturated carbocycles. The van der Waals surface area contributed by atoms with E-state index >= 15 is 0 Å². The van der Waals surface area contributed by atoms with Crippen LogP contribution in [-0.4, -0.2) is 202 Å². The van der Waals surface area contributed by atoms with E-state index in [9.17, 15) is 74.1 Å². The molecule has 0 spiro atoms. The maximum atomic E-state index is 14.7. The van der Waals surface area contributed by atoms with E-state index in [0.29, 0.717) is 12.2 Å². The monoisotopic (exact) mass is 1270 g/mol. The van der Waals surface area contributed by atoms with E-state index in [1.807, 2.05) is 24.3 Å². The average Bonchev–Trinajstić information content (AvgIpc) is 3.73. The SMILES string of the molecule is CCCCCCOc1ccc(-c2ncc(-c3ccc(C(=O)N[C@H]4CC(O)CNC(=O)C5C(O)C(C)CN5C(=O)C(C(O)CC(N)=O)NC(=O)C(C(O)Cc5ccc(O)c(OSOOO)c5)NC(=O)C5CC(O)CN5C(=O)C(C(C)O)NC4=O)cc3)s2)cc1. The van der Waals surface area contributed by atoms with Crippen molar-refractivity contribution in [2.75, 3.05) is 26.2 Å². The highest BCUT2D eigenvalue weighted by Gasteiger charge is 2.50. The van der Waals surface area contributed by atoms with Crippen molar-refractivity contribution < 1.29 is 97.7 Å². The number of rotatable bonds is 21. The van der Waals surface area contributed by atoms with Crippen molar-refractivity contribution in [1.29, 1.82) is 0 Å². The van der Waals surface area contributed by atoms with Crippen LogP contribution in [0.4, 0.5) is 0 Å². The van der Waals surface area contributed by atoms with Gasteiger partial charge >= 0.3 is 0 Å². The molecular weight excluding hydrogens is 1190 g/mol. The zero-order chi connectivity index (χ0) is 63.9. The van der Waals surface area contributed by atoms with Crippen LogP contribution in [0, 0.1) is 5.92 Å². The summed E-state index contributed by atoms with van der Waals surface area (Å²) < 4.78 is 15.2. The van der Waals surface area contributed by atoms with Gasteiger partial charge in [0, 0.05) is 62.1 Å². The first-order valence-electron chi connectivity index (χ1n) is 28.4. The van der Waals surface area contributed by atoms with Gasteiger partial charge in [-0.05, 0) is 73.0 Å². The predicted octanol–water partition coefficient (Wildman–Crippen LogP) is -0.671. The standard InChI is InChI=1S/C57H73N9O20S2/c1-4-5-6-7-18-83-36-15-13-33(14-16-36)55-60-25-43(87-55)31-9-11-32(12-10-31)50(75)61-37-21-34(68)24-59-54(79)48-49(74)28(2)26-66(48)57(81)47(41(72)23-44(58)73)64-53(78)46(40(71)19-30-8-17-39(70)42(20-30)84-88-86-85-82)63-52(77)38-22-35(69)27-65(38)56(80)45(29(3)67)62-51(37)76/h8-17,20,25,28-29,34-35,37-38,40-41,45-49,67-72,74,82H,4-7,18-19,21-24,26-27H2,1-3H3,(H2,58,73)(H,59,79)(H,61,75)(H,62,76)(H,63,77)(H,64,78)/t28?,29?,34?,35?,37-,38?,40?,41?,45?,46?,47?,48?,49?/m0/s1. The summed E-state index contributed by atoms with van der Waals surface area (Å²) in [6.45, 7) is 3.65. The Morgan fingerprint density at radius 1 is 0.807 bits per heavy atom. The molecule has 3 aliphatic rings. The van der Waals surface area contributed by atoms with E-state index in [-0.39, 0.29) is 29.2 Å². The van der Waals surface area contributed by atoms with Gasteiger partial charge in [-0.1, -0.05) is 60.7 Å². The number of aliphatic hydroxyl groups is 6. The number of amides is 8. The summed E-state index contributed by atoms with van der Waals surface area (Å²) in [5, 5.41) is 103. The Balaban J connectivity index is 1.18. The molecule has 3 aliphatic heterocycles. The van der Waals surface area contributed by atoms with Crippen LogP contribution < -0.4 is 41.2 Å². The summed E-state index contributed by atoms with van der Waals surface area (Å²) >= 11 is 1.46.